The minimum atomic E-state index is -0.722. The van der Waals surface area contributed by atoms with E-state index in [1.807, 2.05) is 7.05 Å². The van der Waals surface area contributed by atoms with Crippen LogP contribution in [0.15, 0.2) is 0 Å². The van der Waals surface area contributed by atoms with Gasteiger partial charge in [0.1, 0.15) is 0 Å². The SMILES string of the molecule is CCCOCCN(C)CCCC(=O)O. The van der Waals surface area contributed by atoms with Gasteiger partial charge in [-0.15, -0.1) is 0 Å². The molecule has 0 aromatic heterocycles. The molecule has 0 atom stereocenters. The van der Waals surface area contributed by atoms with Gasteiger partial charge < -0.3 is 14.7 Å². The number of carboxylic acids is 1. The van der Waals surface area contributed by atoms with Crippen molar-refractivity contribution in [2.75, 3.05) is 33.4 Å². The van der Waals surface area contributed by atoms with Gasteiger partial charge in [0.2, 0.25) is 0 Å². The molecule has 0 saturated heterocycles. The van der Waals surface area contributed by atoms with Crippen molar-refractivity contribution in [2.24, 2.45) is 0 Å². The summed E-state index contributed by atoms with van der Waals surface area (Å²) in [6, 6.07) is 0. The summed E-state index contributed by atoms with van der Waals surface area (Å²) in [6.45, 7) is 5.32. The maximum atomic E-state index is 10.2. The van der Waals surface area contributed by atoms with Crippen LogP contribution in [0.2, 0.25) is 0 Å². The summed E-state index contributed by atoms with van der Waals surface area (Å²) >= 11 is 0. The van der Waals surface area contributed by atoms with Crippen LogP contribution < -0.4 is 0 Å². The van der Waals surface area contributed by atoms with Gasteiger partial charge in [-0.05, 0) is 26.4 Å². The van der Waals surface area contributed by atoms with Crippen molar-refractivity contribution in [1.82, 2.24) is 4.90 Å². The zero-order valence-corrected chi connectivity index (χ0v) is 9.16. The van der Waals surface area contributed by atoms with Gasteiger partial charge in [-0.1, -0.05) is 6.92 Å². The molecule has 0 aromatic carbocycles. The lowest BCUT2D eigenvalue weighted by Gasteiger charge is -2.15. The minimum Gasteiger partial charge on any atom is -0.481 e. The molecule has 0 amide bonds. The Balaban J connectivity index is 3.19. The Hall–Kier alpha value is -0.610. The number of aliphatic carboxylic acids is 1. The van der Waals surface area contributed by atoms with Crippen LogP contribution >= 0.6 is 0 Å². The fourth-order valence-corrected chi connectivity index (χ4v) is 1.08. The van der Waals surface area contributed by atoms with Crippen LogP contribution in [-0.2, 0) is 9.53 Å². The number of hydrogen-bond acceptors (Lipinski definition) is 3. The van der Waals surface area contributed by atoms with E-state index in [-0.39, 0.29) is 6.42 Å². The fourth-order valence-electron chi connectivity index (χ4n) is 1.08. The first-order chi connectivity index (χ1) is 6.66. The highest BCUT2D eigenvalue weighted by atomic mass is 16.5. The second-order valence-electron chi connectivity index (χ2n) is 3.41. The number of rotatable bonds is 9. The first-order valence-corrected chi connectivity index (χ1v) is 5.15. The van der Waals surface area contributed by atoms with Crippen LogP contribution in [0.4, 0.5) is 0 Å². The van der Waals surface area contributed by atoms with Gasteiger partial charge >= 0.3 is 5.97 Å². The van der Waals surface area contributed by atoms with Crippen molar-refractivity contribution in [2.45, 2.75) is 26.2 Å². The third-order valence-electron chi connectivity index (χ3n) is 1.90. The monoisotopic (exact) mass is 203 g/mol. The molecule has 0 rings (SSSR count). The fraction of sp³-hybridized carbons (Fsp3) is 0.900. The molecule has 0 saturated carbocycles. The molecule has 84 valence electrons. The number of carboxylic acid groups (broad SMARTS) is 1. The molecular formula is C10H21NO3. The van der Waals surface area contributed by atoms with E-state index in [9.17, 15) is 4.79 Å². The summed E-state index contributed by atoms with van der Waals surface area (Å²) < 4.78 is 5.32. The third kappa shape index (κ3) is 9.48. The maximum Gasteiger partial charge on any atom is 0.303 e. The Morgan fingerprint density at radius 2 is 2.07 bits per heavy atom. The van der Waals surface area contributed by atoms with E-state index in [4.69, 9.17) is 9.84 Å². The van der Waals surface area contributed by atoms with Crippen molar-refractivity contribution in [1.29, 1.82) is 0 Å². The van der Waals surface area contributed by atoms with Crippen LogP contribution in [0.3, 0.4) is 0 Å². The van der Waals surface area contributed by atoms with Crippen LogP contribution in [0, 0.1) is 0 Å². The number of nitrogens with zero attached hydrogens (tertiary/aromatic N) is 1. The van der Waals surface area contributed by atoms with E-state index >= 15 is 0 Å². The average molecular weight is 203 g/mol. The Morgan fingerprint density at radius 3 is 2.64 bits per heavy atom. The molecule has 0 aliphatic rings. The van der Waals surface area contributed by atoms with Gasteiger partial charge in [0.05, 0.1) is 6.61 Å². The highest BCUT2D eigenvalue weighted by molar-refractivity contribution is 5.66. The Bertz CT molecular complexity index is 150. The van der Waals surface area contributed by atoms with Gasteiger partial charge in [-0.25, -0.2) is 0 Å². The molecule has 4 nitrogen and oxygen atoms in total. The van der Waals surface area contributed by atoms with E-state index in [0.29, 0.717) is 6.42 Å². The molecule has 0 radical (unpaired) electrons. The summed E-state index contributed by atoms with van der Waals surface area (Å²) in [6.07, 6.45) is 2.00. The smallest absolute Gasteiger partial charge is 0.303 e. The van der Waals surface area contributed by atoms with Gasteiger partial charge in [-0.2, -0.15) is 0 Å². The topological polar surface area (TPSA) is 49.8 Å². The third-order valence-corrected chi connectivity index (χ3v) is 1.90. The Labute approximate surface area is 85.9 Å². The predicted octanol–water partition coefficient (Wildman–Crippen LogP) is 1.21. The van der Waals surface area contributed by atoms with Crippen LogP contribution in [0.5, 0.6) is 0 Å². The molecular weight excluding hydrogens is 182 g/mol. The molecule has 0 spiro atoms. The summed E-state index contributed by atoms with van der Waals surface area (Å²) in [5.74, 6) is -0.722. The summed E-state index contributed by atoms with van der Waals surface area (Å²) in [7, 11) is 1.98. The normalized spacial score (nSPS) is 10.8. The average Bonchev–Trinajstić information content (AvgIpc) is 2.12. The lowest BCUT2D eigenvalue weighted by molar-refractivity contribution is -0.137. The molecule has 0 aromatic rings. The highest BCUT2D eigenvalue weighted by Gasteiger charge is 2.00. The minimum absolute atomic E-state index is 0.250. The first kappa shape index (κ1) is 13.4. The van der Waals surface area contributed by atoms with E-state index < -0.39 is 5.97 Å². The molecule has 0 bridgehead atoms. The van der Waals surface area contributed by atoms with Crippen LogP contribution in [-0.4, -0.2) is 49.3 Å². The molecule has 4 heteroatoms. The summed E-state index contributed by atoms with van der Waals surface area (Å²) in [4.78, 5) is 12.3. The number of likely N-dealkylation sites (N-methyl/N-ethyl adjacent to an activating group) is 1. The van der Waals surface area contributed by atoms with E-state index in [1.165, 1.54) is 0 Å². The van der Waals surface area contributed by atoms with Crippen molar-refractivity contribution < 1.29 is 14.6 Å². The van der Waals surface area contributed by atoms with Crippen molar-refractivity contribution in [3.8, 4) is 0 Å². The standard InChI is InChI=1S/C10H21NO3/c1-3-8-14-9-7-11(2)6-4-5-10(12)13/h3-9H2,1-2H3,(H,12,13). The zero-order chi connectivity index (χ0) is 10.8. The second-order valence-corrected chi connectivity index (χ2v) is 3.41. The van der Waals surface area contributed by atoms with E-state index in [0.717, 1.165) is 32.7 Å². The molecule has 0 unspecified atom stereocenters. The Kier molecular flexibility index (Phi) is 8.57. The molecule has 0 aliphatic heterocycles. The largest absolute Gasteiger partial charge is 0.481 e. The van der Waals surface area contributed by atoms with Gasteiger partial charge in [0.15, 0.2) is 0 Å². The number of ether oxygens (including phenoxy) is 1. The lowest BCUT2D eigenvalue weighted by Crippen LogP contribution is -2.24. The van der Waals surface area contributed by atoms with Crippen molar-refractivity contribution in [3.05, 3.63) is 0 Å². The van der Waals surface area contributed by atoms with Gasteiger partial charge in [0, 0.05) is 19.6 Å². The molecule has 0 fully saturated rings. The molecule has 0 aliphatic carbocycles. The van der Waals surface area contributed by atoms with E-state index in [1.54, 1.807) is 0 Å². The van der Waals surface area contributed by atoms with Crippen LogP contribution in [0.1, 0.15) is 26.2 Å². The molecule has 1 N–H and O–H groups in total. The van der Waals surface area contributed by atoms with Crippen molar-refractivity contribution >= 4 is 5.97 Å². The Morgan fingerprint density at radius 1 is 1.36 bits per heavy atom. The summed E-state index contributed by atoms with van der Waals surface area (Å²) in [5, 5.41) is 8.43. The zero-order valence-electron chi connectivity index (χ0n) is 9.16. The number of hydrogen-bond donors (Lipinski definition) is 1. The quantitative estimate of drug-likeness (QED) is 0.572. The second kappa shape index (κ2) is 8.97. The maximum absolute atomic E-state index is 10.2. The molecule has 0 heterocycles. The van der Waals surface area contributed by atoms with E-state index in [2.05, 4.69) is 11.8 Å². The number of carbonyl (C=O) groups is 1. The van der Waals surface area contributed by atoms with Gasteiger partial charge in [0.25, 0.3) is 0 Å². The molecule has 14 heavy (non-hydrogen) atoms. The van der Waals surface area contributed by atoms with Crippen LogP contribution in [0.25, 0.3) is 0 Å². The lowest BCUT2D eigenvalue weighted by atomic mass is 10.3. The van der Waals surface area contributed by atoms with Gasteiger partial charge in [-0.3, -0.25) is 4.79 Å². The summed E-state index contributed by atoms with van der Waals surface area (Å²) in [5.41, 5.74) is 0. The van der Waals surface area contributed by atoms with Crippen molar-refractivity contribution in [3.63, 3.8) is 0 Å². The first-order valence-electron chi connectivity index (χ1n) is 5.15. The predicted molar refractivity (Wildman–Crippen MR) is 55.5 cm³/mol. The highest BCUT2D eigenvalue weighted by Crippen LogP contribution is 1.93.